The zero-order valence-corrected chi connectivity index (χ0v) is 11.3. The van der Waals surface area contributed by atoms with Crippen molar-refractivity contribution in [2.24, 2.45) is 4.74 Å². The number of rotatable bonds is 4. The molecular formula is C12H19N2O2P. The Morgan fingerprint density at radius 3 is 2.24 bits per heavy atom. The average Bonchev–Trinajstić information content (AvgIpc) is 2.81. The van der Waals surface area contributed by atoms with Gasteiger partial charge in [-0.05, 0) is 12.1 Å². The minimum Gasteiger partial charge on any atom is -0.309 e. The van der Waals surface area contributed by atoms with E-state index in [-0.39, 0.29) is 0 Å². The van der Waals surface area contributed by atoms with Gasteiger partial charge < -0.3 is 9.05 Å². The molecule has 2 rings (SSSR count). The first kappa shape index (κ1) is 12.8. The van der Waals surface area contributed by atoms with Crippen LogP contribution in [-0.4, -0.2) is 31.0 Å². The van der Waals surface area contributed by atoms with Crippen molar-refractivity contribution in [1.82, 2.24) is 4.67 Å². The Morgan fingerprint density at radius 2 is 1.71 bits per heavy atom. The number of nitrogens with zero attached hydrogens (tertiary/aromatic N) is 2. The molecule has 1 saturated heterocycles. The van der Waals surface area contributed by atoms with E-state index in [2.05, 4.69) is 18.5 Å². The van der Waals surface area contributed by atoms with Crippen LogP contribution >= 0.6 is 7.66 Å². The van der Waals surface area contributed by atoms with Gasteiger partial charge in [-0.3, -0.25) is 0 Å². The van der Waals surface area contributed by atoms with E-state index in [1.807, 2.05) is 30.3 Å². The van der Waals surface area contributed by atoms with Crippen LogP contribution in [0.4, 0.5) is 5.69 Å². The fourth-order valence-electron chi connectivity index (χ4n) is 1.86. The highest BCUT2D eigenvalue weighted by Crippen LogP contribution is 2.59. The van der Waals surface area contributed by atoms with Crippen molar-refractivity contribution in [3.63, 3.8) is 0 Å². The van der Waals surface area contributed by atoms with Crippen molar-refractivity contribution in [1.29, 1.82) is 0 Å². The Morgan fingerprint density at radius 1 is 1.12 bits per heavy atom. The molecule has 0 aromatic heterocycles. The van der Waals surface area contributed by atoms with Gasteiger partial charge in [0.25, 0.3) is 7.66 Å². The zero-order chi connectivity index (χ0) is 12.1. The highest BCUT2D eigenvalue weighted by molar-refractivity contribution is 7.54. The SMILES string of the molecule is CCN(CC)P1(=Nc2ccccc2)OCCO1. The van der Waals surface area contributed by atoms with Gasteiger partial charge in [0.1, 0.15) is 0 Å². The molecule has 0 saturated carbocycles. The Balaban J connectivity index is 2.37. The van der Waals surface area contributed by atoms with Crippen LogP contribution in [0.3, 0.4) is 0 Å². The summed E-state index contributed by atoms with van der Waals surface area (Å²) in [4.78, 5) is 0. The summed E-state index contributed by atoms with van der Waals surface area (Å²) in [6.07, 6.45) is 0. The summed E-state index contributed by atoms with van der Waals surface area (Å²) in [6, 6.07) is 9.91. The highest BCUT2D eigenvalue weighted by atomic mass is 31.2. The Kier molecular flexibility index (Phi) is 4.35. The molecule has 0 bridgehead atoms. The van der Waals surface area contributed by atoms with Crippen LogP contribution in [-0.2, 0) is 9.05 Å². The lowest BCUT2D eigenvalue weighted by Gasteiger charge is -2.28. The number of hydrogen-bond donors (Lipinski definition) is 0. The zero-order valence-electron chi connectivity index (χ0n) is 10.4. The van der Waals surface area contributed by atoms with E-state index in [9.17, 15) is 0 Å². The summed E-state index contributed by atoms with van der Waals surface area (Å²) in [7, 11) is -2.22. The Hall–Kier alpha value is -0.670. The van der Waals surface area contributed by atoms with E-state index in [0.717, 1.165) is 18.8 Å². The third-order valence-corrected chi connectivity index (χ3v) is 5.49. The molecule has 1 heterocycles. The molecule has 17 heavy (non-hydrogen) atoms. The molecule has 5 heteroatoms. The quantitative estimate of drug-likeness (QED) is 0.769. The minimum atomic E-state index is -2.22. The second-order valence-corrected chi connectivity index (χ2v) is 5.99. The number of benzene rings is 1. The lowest BCUT2D eigenvalue weighted by atomic mass is 10.3. The van der Waals surface area contributed by atoms with Crippen LogP contribution in [0.25, 0.3) is 0 Å². The fraction of sp³-hybridized carbons (Fsp3) is 0.500. The summed E-state index contributed by atoms with van der Waals surface area (Å²) in [5.74, 6) is 0. The van der Waals surface area contributed by atoms with Crippen molar-refractivity contribution in [3.05, 3.63) is 30.3 Å². The van der Waals surface area contributed by atoms with Crippen molar-refractivity contribution in [2.45, 2.75) is 13.8 Å². The van der Waals surface area contributed by atoms with Crippen LogP contribution in [0.1, 0.15) is 13.8 Å². The monoisotopic (exact) mass is 254 g/mol. The van der Waals surface area contributed by atoms with Crippen LogP contribution in [0.2, 0.25) is 0 Å². The second-order valence-electron chi connectivity index (χ2n) is 3.73. The van der Waals surface area contributed by atoms with Crippen molar-refractivity contribution >= 4 is 13.3 Å². The first-order valence-corrected chi connectivity index (χ1v) is 7.55. The van der Waals surface area contributed by atoms with Gasteiger partial charge in [-0.2, -0.15) is 0 Å². The van der Waals surface area contributed by atoms with E-state index < -0.39 is 7.66 Å². The van der Waals surface area contributed by atoms with E-state index in [1.54, 1.807) is 0 Å². The first-order chi connectivity index (χ1) is 8.30. The maximum Gasteiger partial charge on any atom is 0.295 e. The third kappa shape index (κ3) is 2.78. The average molecular weight is 254 g/mol. The van der Waals surface area contributed by atoms with E-state index in [1.165, 1.54) is 0 Å². The molecule has 94 valence electrons. The van der Waals surface area contributed by atoms with Crippen LogP contribution in [0.15, 0.2) is 35.1 Å². The maximum absolute atomic E-state index is 5.84. The summed E-state index contributed by atoms with van der Waals surface area (Å²) >= 11 is 0. The summed E-state index contributed by atoms with van der Waals surface area (Å²) < 4.78 is 18.6. The summed E-state index contributed by atoms with van der Waals surface area (Å²) in [5, 5.41) is 0. The molecule has 1 fully saturated rings. The van der Waals surface area contributed by atoms with Crippen LogP contribution < -0.4 is 0 Å². The Bertz CT molecular complexity index is 394. The van der Waals surface area contributed by atoms with Gasteiger partial charge in [-0.25, -0.2) is 9.42 Å². The van der Waals surface area contributed by atoms with Crippen LogP contribution in [0.5, 0.6) is 0 Å². The molecule has 0 radical (unpaired) electrons. The van der Waals surface area contributed by atoms with Gasteiger partial charge in [-0.1, -0.05) is 32.0 Å². The van der Waals surface area contributed by atoms with Gasteiger partial charge in [0, 0.05) is 13.1 Å². The lowest BCUT2D eigenvalue weighted by Crippen LogP contribution is -2.19. The smallest absolute Gasteiger partial charge is 0.295 e. The van der Waals surface area contributed by atoms with E-state index in [4.69, 9.17) is 13.8 Å². The molecule has 1 aromatic rings. The fourth-order valence-corrected chi connectivity index (χ4v) is 4.26. The molecule has 0 spiro atoms. The standard InChI is InChI=1S/C12H19N2O2P/c1-3-14(4-2)17(15-10-11-16-17)13-12-8-6-5-7-9-12/h5-9H,3-4,10-11H2,1-2H3. The van der Waals surface area contributed by atoms with Gasteiger partial charge in [0.15, 0.2) is 0 Å². The molecule has 0 atom stereocenters. The second kappa shape index (κ2) is 5.78. The largest absolute Gasteiger partial charge is 0.309 e. The molecule has 0 aliphatic carbocycles. The predicted octanol–water partition coefficient (Wildman–Crippen LogP) is 3.65. The molecular weight excluding hydrogens is 235 g/mol. The summed E-state index contributed by atoms with van der Waals surface area (Å²) in [5.41, 5.74) is 0.926. The van der Waals surface area contributed by atoms with Gasteiger partial charge in [-0.15, -0.1) is 0 Å². The Labute approximate surface area is 103 Å². The first-order valence-electron chi connectivity index (χ1n) is 6.02. The molecule has 1 aliphatic rings. The number of hydrogen-bond acceptors (Lipinski definition) is 3. The molecule has 0 unspecified atom stereocenters. The highest BCUT2D eigenvalue weighted by Gasteiger charge is 2.33. The third-order valence-electron chi connectivity index (χ3n) is 2.69. The van der Waals surface area contributed by atoms with Gasteiger partial charge >= 0.3 is 0 Å². The van der Waals surface area contributed by atoms with Crippen LogP contribution in [0, 0.1) is 0 Å². The summed E-state index contributed by atoms with van der Waals surface area (Å²) in [6.45, 7) is 7.27. The van der Waals surface area contributed by atoms with Crippen molar-refractivity contribution < 1.29 is 9.05 Å². The minimum absolute atomic E-state index is 0.639. The van der Waals surface area contributed by atoms with E-state index >= 15 is 0 Å². The van der Waals surface area contributed by atoms with Crippen molar-refractivity contribution in [2.75, 3.05) is 26.3 Å². The topological polar surface area (TPSA) is 34.1 Å². The molecule has 4 nitrogen and oxygen atoms in total. The molecule has 0 N–H and O–H groups in total. The van der Waals surface area contributed by atoms with Gasteiger partial charge in [0.2, 0.25) is 0 Å². The lowest BCUT2D eigenvalue weighted by molar-refractivity contribution is 0.328. The maximum atomic E-state index is 5.84. The van der Waals surface area contributed by atoms with E-state index in [0.29, 0.717) is 13.2 Å². The molecule has 0 amide bonds. The van der Waals surface area contributed by atoms with Crippen molar-refractivity contribution in [3.8, 4) is 0 Å². The predicted molar refractivity (Wildman–Crippen MR) is 70.3 cm³/mol. The molecule has 1 aliphatic heterocycles. The van der Waals surface area contributed by atoms with Gasteiger partial charge in [0.05, 0.1) is 18.9 Å². The molecule has 1 aromatic carbocycles. The normalized spacial score (nSPS) is 18.5.